The number of hydrogen-bond acceptors (Lipinski definition) is 1. The van der Waals surface area contributed by atoms with Gasteiger partial charge in [-0.05, 0) is 25.8 Å². The Morgan fingerprint density at radius 1 is 1.19 bits per heavy atom. The molecule has 1 aromatic rings. The molecule has 1 aromatic carbocycles. The third kappa shape index (κ3) is 2.82. The normalized spacial score (nSPS) is 11.8. The Morgan fingerprint density at radius 3 is 2.25 bits per heavy atom. The van der Waals surface area contributed by atoms with Crippen molar-refractivity contribution in [3.05, 3.63) is 35.1 Å². The summed E-state index contributed by atoms with van der Waals surface area (Å²) in [5.74, 6) is -0.296. The van der Waals surface area contributed by atoms with Crippen LogP contribution in [-0.2, 0) is 5.60 Å². The Labute approximate surface area is 97.3 Å². The van der Waals surface area contributed by atoms with Gasteiger partial charge in [0.05, 0.1) is 5.60 Å². The van der Waals surface area contributed by atoms with Crippen molar-refractivity contribution in [2.24, 2.45) is 0 Å². The molecule has 0 aromatic heterocycles. The standard InChI is InChI=1S/C14H21FO/c1-4-8-14(16,9-5-2)12-10-11(3)6-7-13(12)15/h6-7,10,16H,4-5,8-9H2,1-3H3. The molecule has 0 spiro atoms. The summed E-state index contributed by atoms with van der Waals surface area (Å²) >= 11 is 0. The van der Waals surface area contributed by atoms with Crippen molar-refractivity contribution in [2.45, 2.75) is 52.1 Å². The van der Waals surface area contributed by atoms with Gasteiger partial charge in [-0.25, -0.2) is 4.39 Å². The first-order chi connectivity index (χ1) is 7.53. The second-order valence-electron chi connectivity index (χ2n) is 4.51. The Balaban J connectivity index is 3.14. The van der Waals surface area contributed by atoms with Gasteiger partial charge in [-0.15, -0.1) is 0 Å². The maximum Gasteiger partial charge on any atom is 0.129 e. The molecule has 90 valence electrons. The summed E-state index contributed by atoms with van der Waals surface area (Å²) < 4.78 is 13.8. The second-order valence-corrected chi connectivity index (χ2v) is 4.51. The van der Waals surface area contributed by atoms with Crippen LogP contribution >= 0.6 is 0 Å². The summed E-state index contributed by atoms with van der Waals surface area (Å²) in [5.41, 5.74) is 0.442. The molecule has 0 unspecified atom stereocenters. The smallest absolute Gasteiger partial charge is 0.129 e. The zero-order valence-electron chi connectivity index (χ0n) is 10.4. The van der Waals surface area contributed by atoms with Crippen LogP contribution in [-0.4, -0.2) is 5.11 Å². The van der Waals surface area contributed by atoms with Crippen molar-refractivity contribution < 1.29 is 9.50 Å². The van der Waals surface area contributed by atoms with E-state index in [4.69, 9.17) is 0 Å². The minimum Gasteiger partial charge on any atom is -0.385 e. The van der Waals surface area contributed by atoms with Gasteiger partial charge in [-0.3, -0.25) is 0 Å². The van der Waals surface area contributed by atoms with E-state index >= 15 is 0 Å². The van der Waals surface area contributed by atoms with Gasteiger partial charge in [0.2, 0.25) is 0 Å². The highest BCUT2D eigenvalue weighted by Crippen LogP contribution is 2.33. The molecule has 0 bridgehead atoms. The van der Waals surface area contributed by atoms with Gasteiger partial charge >= 0.3 is 0 Å². The molecule has 0 saturated carbocycles. The van der Waals surface area contributed by atoms with Gasteiger partial charge in [-0.1, -0.05) is 44.4 Å². The number of rotatable bonds is 5. The molecular formula is C14H21FO. The maximum absolute atomic E-state index is 13.8. The summed E-state index contributed by atoms with van der Waals surface area (Å²) in [6.07, 6.45) is 2.93. The SMILES string of the molecule is CCCC(O)(CCC)c1cc(C)ccc1F. The van der Waals surface area contributed by atoms with E-state index in [2.05, 4.69) is 0 Å². The van der Waals surface area contributed by atoms with Crippen LogP contribution in [0, 0.1) is 12.7 Å². The lowest BCUT2D eigenvalue weighted by Crippen LogP contribution is -2.26. The van der Waals surface area contributed by atoms with Crippen molar-refractivity contribution in [1.29, 1.82) is 0 Å². The molecule has 1 N–H and O–H groups in total. The van der Waals surface area contributed by atoms with Crippen molar-refractivity contribution in [2.75, 3.05) is 0 Å². The molecule has 0 aliphatic heterocycles. The van der Waals surface area contributed by atoms with Gasteiger partial charge in [-0.2, -0.15) is 0 Å². The third-order valence-corrected chi connectivity index (χ3v) is 2.95. The molecule has 0 radical (unpaired) electrons. The molecule has 2 heteroatoms. The lowest BCUT2D eigenvalue weighted by Gasteiger charge is -2.28. The summed E-state index contributed by atoms with van der Waals surface area (Å²) in [5, 5.41) is 10.5. The zero-order chi connectivity index (χ0) is 12.2. The van der Waals surface area contributed by atoms with E-state index in [0.29, 0.717) is 18.4 Å². The number of hydrogen-bond donors (Lipinski definition) is 1. The van der Waals surface area contributed by atoms with Crippen LogP contribution in [0.5, 0.6) is 0 Å². The Bertz CT molecular complexity index is 341. The maximum atomic E-state index is 13.8. The van der Waals surface area contributed by atoms with Crippen LogP contribution in [0.15, 0.2) is 18.2 Å². The predicted molar refractivity (Wildman–Crippen MR) is 64.8 cm³/mol. The van der Waals surface area contributed by atoms with Gasteiger partial charge in [0, 0.05) is 5.56 Å². The van der Waals surface area contributed by atoms with E-state index in [1.165, 1.54) is 6.07 Å². The van der Waals surface area contributed by atoms with Crippen molar-refractivity contribution in [3.63, 3.8) is 0 Å². The summed E-state index contributed by atoms with van der Waals surface area (Å²) in [4.78, 5) is 0. The molecule has 1 rings (SSSR count). The van der Waals surface area contributed by atoms with Gasteiger partial charge in [0.1, 0.15) is 5.82 Å². The molecule has 0 fully saturated rings. The van der Waals surface area contributed by atoms with Gasteiger partial charge < -0.3 is 5.11 Å². The quantitative estimate of drug-likeness (QED) is 0.803. The van der Waals surface area contributed by atoms with E-state index in [-0.39, 0.29) is 5.82 Å². The third-order valence-electron chi connectivity index (χ3n) is 2.95. The molecule has 16 heavy (non-hydrogen) atoms. The number of aliphatic hydroxyl groups is 1. The van der Waals surface area contributed by atoms with Crippen LogP contribution < -0.4 is 0 Å². The minimum absolute atomic E-state index is 0.296. The molecule has 1 nitrogen and oxygen atoms in total. The topological polar surface area (TPSA) is 20.2 Å². The molecule has 0 saturated heterocycles. The first-order valence-corrected chi connectivity index (χ1v) is 6.02. The van der Waals surface area contributed by atoms with Crippen molar-refractivity contribution in [1.82, 2.24) is 0 Å². The number of aryl methyl sites for hydroxylation is 1. The fourth-order valence-electron chi connectivity index (χ4n) is 2.22. The molecule has 0 heterocycles. The minimum atomic E-state index is -1.00. The average molecular weight is 224 g/mol. The van der Waals surface area contributed by atoms with Crippen LogP contribution in [0.4, 0.5) is 4.39 Å². The predicted octanol–water partition coefficient (Wildman–Crippen LogP) is 3.92. The first-order valence-electron chi connectivity index (χ1n) is 6.02. The molecule has 0 amide bonds. The fourth-order valence-corrected chi connectivity index (χ4v) is 2.22. The first kappa shape index (κ1) is 13.2. The zero-order valence-corrected chi connectivity index (χ0v) is 10.4. The van der Waals surface area contributed by atoms with Gasteiger partial charge in [0.25, 0.3) is 0 Å². The average Bonchev–Trinajstić information content (AvgIpc) is 2.22. The van der Waals surface area contributed by atoms with Crippen LogP contribution in [0.1, 0.15) is 50.7 Å². The lowest BCUT2D eigenvalue weighted by molar-refractivity contribution is 0.0135. The largest absolute Gasteiger partial charge is 0.385 e. The number of benzene rings is 1. The molecule has 0 aliphatic rings. The monoisotopic (exact) mass is 224 g/mol. The summed E-state index contributed by atoms with van der Waals surface area (Å²) in [6, 6.07) is 4.94. The van der Waals surface area contributed by atoms with Gasteiger partial charge in [0.15, 0.2) is 0 Å². The van der Waals surface area contributed by atoms with E-state index in [1.54, 1.807) is 12.1 Å². The van der Waals surface area contributed by atoms with E-state index in [1.807, 2.05) is 20.8 Å². The summed E-state index contributed by atoms with van der Waals surface area (Å²) in [6.45, 7) is 5.93. The van der Waals surface area contributed by atoms with E-state index in [0.717, 1.165) is 18.4 Å². The van der Waals surface area contributed by atoms with Crippen molar-refractivity contribution in [3.8, 4) is 0 Å². The second kappa shape index (κ2) is 5.44. The highest BCUT2D eigenvalue weighted by Gasteiger charge is 2.30. The van der Waals surface area contributed by atoms with E-state index in [9.17, 15) is 9.50 Å². The van der Waals surface area contributed by atoms with Crippen LogP contribution in [0.3, 0.4) is 0 Å². The summed E-state index contributed by atoms with van der Waals surface area (Å²) in [7, 11) is 0. The molecule has 0 atom stereocenters. The highest BCUT2D eigenvalue weighted by atomic mass is 19.1. The Hall–Kier alpha value is -0.890. The molecule has 0 aliphatic carbocycles. The lowest BCUT2D eigenvalue weighted by atomic mass is 9.84. The van der Waals surface area contributed by atoms with E-state index < -0.39 is 5.60 Å². The Morgan fingerprint density at radius 2 is 1.75 bits per heavy atom. The fraction of sp³-hybridized carbons (Fsp3) is 0.571. The van der Waals surface area contributed by atoms with Crippen molar-refractivity contribution >= 4 is 0 Å². The van der Waals surface area contributed by atoms with Crippen LogP contribution in [0.25, 0.3) is 0 Å². The molecular weight excluding hydrogens is 203 g/mol. The van der Waals surface area contributed by atoms with Crippen LogP contribution in [0.2, 0.25) is 0 Å². The highest BCUT2D eigenvalue weighted by molar-refractivity contribution is 5.29. The number of halogens is 1. The Kier molecular flexibility index (Phi) is 4.48.